The van der Waals surface area contributed by atoms with Crippen LogP contribution >= 0.6 is 15.9 Å². The van der Waals surface area contributed by atoms with E-state index in [1.54, 1.807) is 0 Å². The van der Waals surface area contributed by atoms with Gasteiger partial charge in [-0.2, -0.15) is 0 Å². The molecule has 0 amide bonds. The van der Waals surface area contributed by atoms with Crippen LogP contribution in [0.15, 0.2) is 28.7 Å². The molecule has 0 heterocycles. The Balaban J connectivity index is 2.21. The summed E-state index contributed by atoms with van der Waals surface area (Å²) >= 11 is 3.34. The fourth-order valence-corrected chi connectivity index (χ4v) is 1.98. The standard InChI is InChI=1S/C11H9BrO2/c12-9-3-1-7(2-4-9)8-5-10(13)11(14)6-8/h1-4,8H,5-6H2. The molecule has 1 aromatic rings. The molecule has 0 radical (unpaired) electrons. The van der Waals surface area contributed by atoms with Crippen molar-refractivity contribution in [3.05, 3.63) is 34.3 Å². The maximum Gasteiger partial charge on any atom is 0.199 e. The predicted octanol–water partition coefficient (Wildman–Crippen LogP) is 2.46. The van der Waals surface area contributed by atoms with Crippen molar-refractivity contribution in [2.75, 3.05) is 0 Å². The molecule has 0 bridgehead atoms. The van der Waals surface area contributed by atoms with Gasteiger partial charge in [0.25, 0.3) is 0 Å². The third-order valence-electron chi connectivity index (χ3n) is 2.52. The Labute approximate surface area is 90.4 Å². The number of ketones is 2. The highest BCUT2D eigenvalue weighted by molar-refractivity contribution is 9.10. The van der Waals surface area contributed by atoms with Crippen LogP contribution in [0, 0.1) is 0 Å². The Morgan fingerprint density at radius 3 is 2.00 bits per heavy atom. The second-order valence-electron chi connectivity index (χ2n) is 3.50. The zero-order valence-corrected chi connectivity index (χ0v) is 9.08. The number of halogens is 1. The van der Waals surface area contributed by atoms with Gasteiger partial charge in [0.05, 0.1) is 0 Å². The van der Waals surface area contributed by atoms with Gasteiger partial charge >= 0.3 is 0 Å². The molecule has 1 aromatic carbocycles. The van der Waals surface area contributed by atoms with Crippen molar-refractivity contribution < 1.29 is 9.59 Å². The summed E-state index contributed by atoms with van der Waals surface area (Å²) in [6.45, 7) is 0. The zero-order chi connectivity index (χ0) is 10.1. The van der Waals surface area contributed by atoms with E-state index in [4.69, 9.17) is 0 Å². The van der Waals surface area contributed by atoms with E-state index in [1.807, 2.05) is 24.3 Å². The molecule has 0 unspecified atom stereocenters. The minimum atomic E-state index is -0.224. The fraction of sp³-hybridized carbons (Fsp3) is 0.273. The minimum absolute atomic E-state index is 0.100. The first kappa shape index (κ1) is 9.59. The number of hydrogen-bond acceptors (Lipinski definition) is 2. The van der Waals surface area contributed by atoms with Crippen LogP contribution in [0.2, 0.25) is 0 Å². The van der Waals surface area contributed by atoms with Crippen LogP contribution in [0.3, 0.4) is 0 Å². The average molecular weight is 253 g/mol. The van der Waals surface area contributed by atoms with Crippen LogP contribution in [0.4, 0.5) is 0 Å². The van der Waals surface area contributed by atoms with E-state index in [0.717, 1.165) is 10.0 Å². The third-order valence-corrected chi connectivity index (χ3v) is 3.04. The maximum atomic E-state index is 11.1. The average Bonchev–Trinajstić information content (AvgIpc) is 2.48. The second-order valence-corrected chi connectivity index (χ2v) is 4.42. The summed E-state index contributed by atoms with van der Waals surface area (Å²) in [7, 11) is 0. The molecule has 1 fully saturated rings. The van der Waals surface area contributed by atoms with E-state index in [-0.39, 0.29) is 17.5 Å². The Morgan fingerprint density at radius 2 is 1.50 bits per heavy atom. The van der Waals surface area contributed by atoms with Crippen LogP contribution in [-0.2, 0) is 9.59 Å². The van der Waals surface area contributed by atoms with E-state index >= 15 is 0 Å². The number of carbonyl (C=O) groups excluding carboxylic acids is 2. The summed E-state index contributed by atoms with van der Waals surface area (Å²) in [5.41, 5.74) is 1.08. The molecule has 0 aromatic heterocycles. The molecular formula is C11H9BrO2. The van der Waals surface area contributed by atoms with Gasteiger partial charge in [-0.3, -0.25) is 9.59 Å². The van der Waals surface area contributed by atoms with Crippen molar-refractivity contribution in [2.45, 2.75) is 18.8 Å². The van der Waals surface area contributed by atoms with Crippen molar-refractivity contribution in [3.8, 4) is 0 Å². The van der Waals surface area contributed by atoms with Gasteiger partial charge in [-0.05, 0) is 23.6 Å². The Kier molecular flexibility index (Phi) is 2.50. The molecule has 72 valence electrons. The van der Waals surface area contributed by atoms with Gasteiger partial charge in [0.1, 0.15) is 0 Å². The van der Waals surface area contributed by atoms with Gasteiger partial charge in [-0.15, -0.1) is 0 Å². The molecule has 1 saturated carbocycles. The summed E-state index contributed by atoms with van der Waals surface area (Å²) in [6, 6.07) is 7.78. The molecule has 3 heteroatoms. The number of benzene rings is 1. The van der Waals surface area contributed by atoms with Gasteiger partial charge in [0.15, 0.2) is 11.6 Å². The van der Waals surface area contributed by atoms with Crippen molar-refractivity contribution in [1.82, 2.24) is 0 Å². The van der Waals surface area contributed by atoms with Crippen molar-refractivity contribution in [3.63, 3.8) is 0 Å². The highest BCUT2D eigenvalue weighted by Crippen LogP contribution is 2.30. The molecule has 2 rings (SSSR count). The first-order chi connectivity index (χ1) is 6.66. The molecule has 0 atom stereocenters. The Morgan fingerprint density at radius 1 is 1.00 bits per heavy atom. The molecule has 2 nitrogen and oxygen atoms in total. The van der Waals surface area contributed by atoms with E-state index in [1.165, 1.54) is 0 Å². The molecule has 1 aliphatic rings. The highest BCUT2D eigenvalue weighted by Gasteiger charge is 2.31. The van der Waals surface area contributed by atoms with Crippen LogP contribution in [0.5, 0.6) is 0 Å². The van der Waals surface area contributed by atoms with Gasteiger partial charge in [0.2, 0.25) is 0 Å². The first-order valence-corrected chi connectivity index (χ1v) is 5.27. The van der Waals surface area contributed by atoms with Crippen LogP contribution in [0.1, 0.15) is 24.3 Å². The van der Waals surface area contributed by atoms with Crippen LogP contribution in [0.25, 0.3) is 0 Å². The first-order valence-electron chi connectivity index (χ1n) is 4.48. The predicted molar refractivity (Wildman–Crippen MR) is 56.1 cm³/mol. The number of rotatable bonds is 1. The summed E-state index contributed by atoms with van der Waals surface area (Å²) in [5.74, 6) is -0.348. The molecule has 0 N–H and O–H groups in total. The van der Waals surface area contributed by atoms with Gasteiger partial charge in [-0.1, -0.05) is 28.1 Å². The lowest BCUT2D eigenvalue weighted by atomic mass is 9.98. The molecule has 0 spiro atoms. The monoisotopic (exact) mass is 252 g/mol. The highest BCUT2D eigenvalue weighted by atomic mass is 79.9. The van der Waals surface area contributed by atoms with E-state index in [9.17, 15) is 9.59 Å². The van der Waals surface area contributed by atoms with Gasteiger partial charge in [-0.25, -0.2) is 0 Å². The second kappa shape index (κ2) is 3.65. The summed E-state index contributed by atoms with van der Waals surface area (Å²) in [5, 5.41) is 0. The molecular weight excluding hydrogens is 244 g/mol. The lowest BCUT2D eigenvalue weighted by Gasteiger charge is -2.06. The van der Waals surface area contributed by atoms with Crippen LogP contribution < -0.4 is 0 Å². The van der Waals surface area contributed by atoms with Gasteiger partial charge < -0.3 is 0 Å². The van der Waals surface area contributed by atoms with Crippen molar-refractivity contribution in [1.29, 1.82) is 0 Å². The smallest absolute Gasteiger partial charge is 0.199 e. The van der Waals surface area contributed by atoms with E-state index in [0.29, 0.717) is 12.8 Å². The Bertz CT molecular complexity index is 365. The molecule has 14 heavy (non-hydrogen) atoms. The Hall–Kier alpha value is -0.960. The van der Waals surface area contributed by atoms with E-state index in [2.05, 4.69) is 15.9 Å². The van der Waals surface area contributed by atoms with Crippen molar-refractivity contribution in [2.24, 2.45) is 0 Å². The summed E-state index contributed by atoms with van der Waals surface area (Å²) < 4.78 is 1.01. The van der Waals surface area contributed by atoms with Crippen LogP contribution in [-0.4, -0.2) is 11.6 Å². The summed E-state index contributed by atoms with van der Waals surface area (Å²) in [4.78, 5) is 22.1. The topological polar surface area (TPSA) is 34.1 Å². The normalized spacial score (nSPS) is 17.8. The number of carbonyl (C=O) groups is 2. The zero-order valence-electron chi connectivity index (χ0n) is 7.50. The molecule has 0 saturated heterocycles. The fourth-order valence-electron chi connectivity index (χ4n) is 1.72. The van der Waals surface area contributed by atoms with Gasteiger partial charge in [0, 0.05) is 17.3 Å². The quantitative estimate of drug-likeness (QED) is 0.720. The largest absolute Gasteiger partial charge is 0.291 e. The maximum absolute atomic E-state index is 11.1. The minimum Gasteiger partial charge on any atom is -0.291 e. The molecule has 0 aliphatic heterocycles. The lowest BCUT2D eigenvalue weighted by Crippen LogP contribution is -2.01. The van der Waals surface area contributed by atoms with Crippen molar-refractivity contribution >= 4 is 27.5 Å². The SMILES string of the molecule is O=C1CC(c2ccc(Br)cc2)CC1=O. The van der Waals surface area contributed by atoms with E-state index < -0.39 is 0 Å². The third kappa shape index (κ3) is 1.77. The number of Topliss-reactive ketones (excluding diaryl/α,β-unsaturated/α-hetero) is 2. The molecule has 1 aliphatic carbocycles. The number of hydrogen-bond donors (Lipinski definition) is 0. The lowest BCUT2D eigenvalue weighted by molar-refractivity contribution is -0.134. The summed E-state index contributed by atoms with van der Waals surface area (Å²) in [6.07, 6.45) is 0.751.